The van der Waals surface area contributed by atoms with Crippen LogP contribution in [0, 0.1) is 0 Å². The number of aromatic nitrogens is 1. The Hall–Kier alpha value is -2.23. The van der Waals surface area contributed by atoms with E-state index < -0.39 is 0 Å². The van der Waals surface area contributed by atoms with Crippen LogP contribution in [0.5, 0.6) is 17.4 Å². The van der Waals surface area contributed by atoms with Crippen LogP contribution < -0.4 is 24.8 Å². The molecular weight excluding hydrogens is 459 g/mol. The zero-order chi connectivity index (χ0) is 18.6. The molecule has 0 aliphatic carbocycles. The molecule has 0 radical (unpaired) electrons. The Morgan fingerprint density at radius 1 is 1.04 bits per heavy atom. The van der Waals surface area contributed by atoms with Crippen LogP contribution in [-0.2, 0) is 6.54 Å². The van der Waals surface area contributed by atoms with Crippen LogP contribution >= 0.6 is 24.0 Å². The van der Waals surface area contributed by atoms with Gasteiger partial charge >= 0.3 is 0 Å². The van der Waals surface area contributed by atoms with Crippen molar-refractivity contribution in [3.63, 3.8) is 0 Å². The number of nitrogens with one attached hydrogen (secondary N) is 2. The number of rotatable bonds is 9. The summed E-state index contributed by atoms with van der Waals surface area (Å²) in [5, 5.41) is 6.46. The maximum absolute atomic E-state index is 5.70. The van der Waals surface area contributed by atoms with E-state index in [1.54, 1.807) is 20.4 Å². The van der Waals surface area contributed by atoms with Gasteiger partial charge in [-0.3, -0.25) is 0 Å². The summed E-state index contributed by atoms with van der Waals surface area (Å²) < 4.78 is 16.1. The van der Waals surface area contributed by atoms with Gasteiger partial charge in [0, 0.05) is 18.3 Å². The Balaban J connectivity index is 0.00000364. The Morgan fingerprint density at radius 2 is 1.78 bits per heavy atom. The number of benzene rings is 1. The molecule has 1 aromatic heterocycles. The van der Waals surface area contributed by atoms with Crippen LogP contribution in [0.15, 0.2) is 47.6 Å². The van der Waals surface area contributed by atoms with E-state index in [1.807, 2.05) is 43.3 Å². The fourth-order valence-corrected chi connectivity index (χ4v) is 2.24. The molecule has 0 aliphatic heterocycles. The van der Waals surface area contributed by atoms with Gasteiger partial charge in [0.2, 0.25) is 5.88 Å². The summed E-state index contributed by atoms with van der Waals surface area (Å²) >= 11 is 0. The van der Waals surface area contributed by atoms with Gasteiger partial charge in [-0.1, -0.05) is 6.07 Å². The molecule has 1 aromatic carbocycles. The van der Waals surface area contributed by atoms with Gasteiger partial charge in [-0.25, -0.2) is 9.98 Å². The number of ether oxygens (including phenoxy) is 3. The molecule has 0 saturated heterocycles. The molecule has 2 N–H and O–H groups in total. The van der Waals surface area contributed by atoms with Crippen molar-refractivity contribution in [1.29, 1.82) is 0 Å². The zero-order valence-electron chi connectivity index (χ0n) is 15.9. The Morgan fingerprint density at radius 3 is 2.44 bits per heavy atom. The normalized spacial score (nSPS) is 10.6. The second kappa shape index (κ2) is 13.0. The van der Waals surface area contributed by atoms with Crippen LogP contribution in [-0.4, -0.2) is 44.9 Å². The van der Waals surface area contributed by atoms with Gasteiger partial charge < -0.3 is 24.8 Å². The van der Waals surface area contributed by atoms with Crippen LogP contribution in [0.4, 0.5) is 0 Å². The second-order valence-corrected chi connectivity index (χ2v) is 5.32. The standard InChI is InChI=1S/C19H26N4O3.HI/c1-4-20-19(23-14-15-6-5-11-21-18(15)25-3)22-12-13-26-17-9-7-16(24-2)8-10-17;/h5-11H,4,12-14H2,1-3H3,(H2,20,22,23);1H. The molecule has 0 unspecified atom stereocenters. The van der Waals surface area contributed by atoms with E-state index in [0.29, 0.717) is 25.6 Å². The van der Waals surface area contributed by atoms with Gasteiger partial charge in [0.25, 0.3) is 0 Å². The van der Waals surface area contributed by atoms with Gasteiger partial charge in [0.1, 0.15) is 18.1 Å². The molecule has 2 aromatic rings. The molecule has 0 spiro atoms. The first-order valence-corrected chi connectivity index (χ1v) is 8.53. The third kappa shape index (κ3) is 7.90. The fraction of sp³-hybridized carbons (Fsp3) is 0.368. The van der Waals surface area contributed by atoms with Crippen molar-refractivity contribution in [3.05, 3.63) is 48.2 Å². The lowest BCUT2D eigenvalue weighted by Gasteiger charge is -2.12. The van der Waals surface area contributed by atoms with E-state index in [2.05, 4.69) is 20.6 Å². The van der Waals surface area contributed by atoms with Crippen LogP contribution in [0.1, 0.15) is 12.5 Å². The van der Waals surface area contributed by atoms with E-state index in [-0.39, 0.29) is 24.0 Å². The van der Waals surface area contributed by atoms with E-state index in [9.17, 15) is 0 Å². The lowest BCUT2D eigenvalue weighted by Crippen LogP contribution is -2.39. The third-order valence-corrected chi connectivity index (χ3v) is 3.52. The summed E-state index contributed by atoms with van der Waals surface area (Å²) in [4.78, 5) is 8.74. The molecule has 2 rings (SSSR count). The first-order valence-electron chi connectivity index (χ1n) is 8.53. The number of hydrogen-bond acceptors (Lipinski definition) is 5. The van der Waals surface area contributed by atoms with Gasteiger partial charge in [-0.15, -0.1) is 24.0 Å². The SMILES string of the molecule is CCNC(=NCc1cccnc1OC)NCCOc1ccc(OC)cc1.I. The van der Waals surface area contributed by atoms with Gasteiger partial charge in [0.15, 0.2) is 5.96 Å². The zero-order valence-corrected chi connectivity index (χ0v) is 18.2. The van der Waals surface area contributed by atoms with Crippen molar-refractivity contribution in [3.8, 4) is 17.4 Å². The maximum atomic E-state index is 5.70. The second-order valence-electron chi connectivity index (χ2n) is 5.32. The number of halogens is 1. The predicted molar refractivity (Wildman–Crippen MR) is 118 cm³/mol. The quantitative estimate of drug-likeness (QED) is 0.246. The van der Waals surface area contributed by atoms with Crippen molar-refractivity contribution < 1.29 is 14.2 Å². The average Bonchev–Trinajstić information content (AvgIpc) is 2.69. The summed E-state index contributed by atoms with van der Waals surface area (Å²) in [6.45, 7) is 4.42. The van der Waals surface area contributed by atoms with Crippen molar-refractivity contribution in [1.82, 2.24) is 15.6 Å². The largest absolute Gasteiger partial charge is 0.497 e. The highest BCUT2D eigenvalue weighted by Gasteiger charge is 2.03. The molecule has 148 valence electrons. The summed E-state index contributed by atoms with van der Waals surface area (Å²) in [5.74, 6) is 2.92. The summed E-state index contributed by atoms with van der Waals surface area (Å²) in [7, 11) is 3.25. The Labute approximate surface area is 177 Å². The average molecular weight is 486 g/mol. The third-order valence-electron chi connectivity index (χ3n) is 3.52. The summed E-state index contributed by atoms with van der Waals surface area (Å²) in [6.07, 6.45) is 1.70. The van der Waals surface area contributed by atoms with Crippen molar-refractivity contribution in [2.45, 2.75) is 13.5 Å². The minimum Gasteiger partial charge on any atom is -0.497 e. The van der Waals surface area contributed by atoms with E-state index in [1.165, 1.54) is 0 Å². The summed E-state index contributed by atoms with van der Waals surface area (Å²) in [6, 6.07) is 11.3. The molecular formula is C19H27IN4O3. The molecule has 7 nitrogen and oxygen atoms in total. The van der Waals surface area contributed by atoms with Gasteiger partial charge in [0.05, 0.1) is 27.3 Å². The smallest absolute Gasteiger partial charge is 0.218 e. The van der Waals surface area contributed by atoms with E-state index >= 15 is 0 Å². The minimum absolute atomic E-state index is 0. The molecule has 0 amide bonds. The van der Waals surface area contributed by atoms with Crippen LogP contribution in [0.25, 0.3) is 0 Å². The number of methoxy groups -OCH3 is 2. The van der Waals surface area contributed by atoms with Crippen molar-refractivity contribution >= 4 is 29.9 Å². The first kappa shape index (κ1) is 22.8. The predicted octanol–water partition coefficient (Wildman–Crippen LogP) is 2.85. The highest BCUT2D eigenvalue weighted by molar-refractivity contribution is 14.0. The van der Waals surface area contributed by atoms with Crippen LogP contribution in [0.3, 0.4) is 0 Å². The molecule has 8 heteroatoms. The van der Waals surface area contributed by atoms with Crippen molar-refractivity contribution in [2.24, 2.45) is 4.99 Å². The van der Waals surface area contributed by atoms with Crippen LogP contribution in [0.2, 0.25) is 0 Å². The molecule has 0 aliphatic rings. The maximum Gasteiger partial charge on any atom is 0.218 e. The van der Waals surface area contributed by atoms with E-state index in [0.717, 1.165) is 29.6 Å². The molecule has 0 bridgehead atoms. The van der Waals surface area contributed by atoms with Crippen molar-refractivity contribution in [2.75, 3.05) is 33.9 Å². The first-order chi connectivity index (χ1) is 12.8. The lowest BCUT2D eigenvalue weighted by molar-refractivity contribution is 0.321. The number of guanidine groups is 1. The lowest BCUT2D eigenvalue weighted by atomic mass is 10.3. The number of nitrogens with zero attached hydrogens (tertiary/aromatic N) is 2. The summed E-state index contributed by atoms with van der Waals surface area (Å²) in [5.41, 5.74) is 0.932. The molecule has 27 heavy (non-hydrogen) atoms. The number of aliphatic imine (C=N–C) groups is 1. The highest BCUT2D eigenvalue weighted by atomic mass is 127. The monoisotopic (exact) mass is 486 g/mol. The molecule has 0 fully saturated rings. The van der Waals surface area contributed by atoms with E-state index in [4.69, 9.17) is 14.2 Å². The molecule has 1 heterocycles. The van der Waals surface area contributed by atoms with Gasteiger partial charge in [-0.05, 0) is 37.3 Å². The topological polar surface area (TPSA) is 77.0 Å². The van der Waals surface area contributed by atoms with Gasteiger partial charge in [-0.2, -0.15) is 0 Å². The number of pyridine rings is 1. The fourth-order valence-electron chi connectivity index (χ4n) is 2.24. The molecule has 0 saturated carbocycles. The molecule has 0 atom stereocenters. The highest BCUT2D eigenvalue weighted by Crippen LogP contribution is 2.16. The minimum atomic E-state index is 0. The number of hydrogen-bond donors (Lipinski definition) is 2. The Kier molecular flexibility index (Phi) is 11.0. The Bertz CT molecular complexity index is 696.